The zero-order chi connectivity index (χ0) is 18.8. The van der Waals surface area contributed by atoms with Crippen molar-refractivity contribution >= 4 is 21.6 Å². The minimum Gasteiger partial charge on any atom is -0.456 e. The van der Waals surface area contributed by atoms with Gasteiger partial charge in [-0.05, 0) is 66.5 Å². The summed E-state index contributed by atoms with van der Waals surface area (Å²) in [5, 5.41) is 8.31. The number of hydrogen-bond donors (Lipinski definition) is 1. The van der Waals surface area contributed by atoms with Crippen LogP contribution in [-0.4, -0.2) is 9.78 Å². The number of halogens is 1. The molecule has 1 aromatic heterocycles. The molecular weight excluding hydrogens is 406 g/mol. The summed E-state index contributed by atoms with van der Waals surface area (Å²) in [5.41, 5.74) is 3.94. The number of aryl methyl sites for hydroxylation is 2. The van der Waals surface area contributed by atoms with Gasteiger partial charge in [0.25, 0.3) is 0 Å². The van der Waals surface area contributed by atoms with Crippen LogP contribution >= 0.6 is 15.9 Å². The number of benzene rings is 2. The van der Waals surface area contributed by atoms with E-state index in [0.717, 1.165) is 44.2 Å². The van der Waals surface area contributed by atoms with Crippen molar-refractivity contribution in [3.63, 3.8) is 0 Å². The number of rotatable bonds is 1. The van der Waals surface area contributed by atoms with Crippen molar-refractivity contribution in [2.45, 2.75) is 26.5 Å². The van der Waals surface area contributed by atoms with Crippen LogP contribution in [-0.2, 0) is 5.72 Å². The summed E-state index contributed by atoms with van der Waals surface area (Å²) in [4.78, 5) is 0. The summed E-state index contributed by atoms with van der Waals surface area (Å²) >= 11 is 3.63. The first kappa shape index (κ1) is 16.4. The van der Waals surface area contributed by atoms with E-state index in [1.54, 1.807) is 0 Å². The van der Waals surface area contributed by atoms with Gasteiger partial charge in [-0.1, -0.05) is 18.2 Å². The summed E-state index contributed by atoms with van der Waals surface area (Å²) in [6.07, 6.45) is 1.97. The SMILES string of the molecule is CC1=C[C@@]2(Nc3cc(C)cc(Br)c3O2)c2c(C)nn(-c3ccccc3)c2O1. The number of para-hydroxylation sites is 1. The van der Waals surface area contributed by atoms with E-state index in [4.69, 9.17) is 14.6 Å². The maximum absolute atomic E-state index is 6.48. The number of nitrogens with one attached hydrogen (secondary N) is 1. The van der Waals surface area contributed by atoms with Crippen LogP contribution in [0.15, 0.2) is 58.8 Å². The molecule has 0 saturated carbocycles. The molecule has 5 rings (SSSR count). The number of hydrogen-bond acceptors (Lipinski definition) is 4. The Bertz CT molecular complexity index is 1100. The molecule has 1 spiro atoms. The highest BCUT2D eigenvalue weighted by Gasteiger charge is 2.48. The lowest BCUT2D eigenvalue weighted by atomic mass is 10.0. The quantitative estimate of drug-likeness (QED) is 0.583. The van der Waals surface area contributed by atoms with Crippen LogP contribution in [0.2, 0.25) is 0 Å². The van der Waals surface area contributed by atoms with E-state index >= 15 is 0 Å². The third-order valence-corrected chi connectivity index (χ3v) is 5.41. The smallest absolute Gasteiger partial charge is 0.237 e. The molecule has 0 unspecified atom stereocenters. The monoisotopic (exact) mass is 423 g/mol. The predicted molar refractivity (Wildman–Crippen MR) is 107 cm³/mol. The van der Waals surface area contributed by atoms with Gasteiger partial charge in [-0.2, -0.15) is 5.10 Å². The molecular formula is C21H18BrN3O2. The van der Waals surface area contributed by atoms with Crippen molar-refractivity contribution in [1.82, 2.24) is 9.78 Å². The molecule has 6 heteroatoms. The molecule has 27 heavy (non-hydrogen) atoms. The summed E-state index contributed by atoms with van der Waals surface area (Å²) in [7, 11) is 0. The first-order valence-corrected chi connectivity index (χ1v) is 9.56. The molecule has 5 nitrogen and oxygen atoms in total. The van der Waals surface area contributed by atoms with Crippen molar-refractivity contribution in [2.75, 3.05) is 5.32 Å². The van der Waals surface area contributed by atoms with E-state index in [0.29, 0.717) is 5.88 Å². The predicted octanol–water partition coefficient (Wildman–Crippen LogP) is 5.21. The second-order valence-corrected chi connectivity index (χ2v) is 7.81. The molecule has 2 aliphatic rings. The van der Waals surface area contributed by atoms with E-state index in [-0.39, 0.29) is 0 Å². The van der Waals surface area contributed by atoms with Crippen LogP contribution in [0, 0.1) is 13.8 Å². The standard InChI is InChI=1S/C21H18BrN3O2/c1-12-9-16(22)19-17(10-12)23-21(27-19)11-13(2)26-20-18(21)14(3)24-25(20)15-7-5-4-6-8-15/h4-11,23H,1-3H3/t21-/m0/s1. The van der Waals surface area contributed by atoms with Gasteiger partial charge in [0.1, 0.15) is 11.3 Å². The molecule has 1 N–H and O–H groups in total. The second kappa shape index (κ2) is 5.63. The Balaban J connectivity index is 1.71. The van der Waals surface area contributed by atoms with E-state index in [2.05, 4.69) is 40.3 Å². The number of nitrogens with zero attached hydrogens (tertiary/aromatic N) is 2. The maximum atomic E-state index is 6.48. The molecule has 2 aromatic carbocycles. The fraction of sp³-hybridized carbons (Fsp3) is 0.190. The van der Waals surface area contributed by atoms with Crippen molar-refractivity contribution in [3.05, 3.63) is 75.6 Å². The lowest BCUT2D eigenvalue weighted by molar-refractivity contribution is 0.152. The lowest BCUT2D eigenvalue weighted by Gasteiger charge is -2.31. The average molecular weight is 424 g/mol. The number of aromatic nitrogens is 2. The molecule has 0 radical (unpaired) electrons. The van der Waals surface area contributed by atoms with Crippen LogP contribution in [0.1, 0.15) is 23.7 Å². The summed E-state index contributed by atoms with van der Waals surface area (Å²) in [6, 6.07) is 14.1. The van der Waals surface area contributed by atoms with Gasteiger partial charge in [0.15, 0.2) is 5.75 Å². The molecule has 3 aromatic rings. The minimum absolute atomic E-state index is 0.673. The molecule has 3 heterocycles. The Morgan fingerprint density at radius 2 is 1.89 bits per heavy atom. The first-order chi connectivity index (χ1) is 13.0. The van der Waals surface area contributed by atoms with Crippen molar-refractivity contribution < 1.29 is 9.47 Å². The minimum atomic E-state index is -0.840. The van der Waals surface area contributed by atoms with Crippen LogP contribution in [0.5, 0.6) is 11.6 Å². The normalized spacial score (nSPS) is 19.6. The van der Waals surface area contributed by atoms with Crippen LogP contribution in [0.25, 0.3) is 5.69 Å². The topological polar surface area (TPSA) is 48.3 Å². The van der Waals surface area contributed by atoms with Crippen molar-refractivity contribution in [1.29, 1.82) is 0 Å². The molecule has 0 saturated heterocycles. The average Bonchev–Trinajstić information content (AvgIpc) is 3.14. The number of ether oxygens (including phenoxy) is 2. The zero-order valence-electron chi connectivity index (χ0n) is 15.2. The van der Waals surface area contributed by atoms with E-state index < -0.39 is 5.72 Å². The zero-order valence-corrected chi connectivity index (χ0v) is 16.8. The van der Waals surface area contributed by atoms with Crippen LogP contribution < -0.4 is 14.8 Å². The van der Waals surface area contributed by atoms with Gasteiger partial charge in [-0.25, -0.2) is 4.68 Å². The summed E-state index contributed by atoms with van der Waals surface area (Å²) in [5.74, 6) is 2.23. The Labute approximate surface area is 165 Å². The Kier molecular flexibility index (Phi) is 3.43. The molecule has 136 valence electrons. The molecule has 1 atom stereocenters. The van der Waals surface area contributed by atoms with Gasteiger partial charge in [-0.15, -0.1) is 0 Å². The van der Waals surface area contributed by atoms with Crippen molar-refractivity contribution in [2.24, 2.45) is 0 Å². The van der Waals surface area contributed by atoms with Gasteiger partial charge in [0, 0.05) is 6.08 Å². The molecule has 2 aliphatic heterocycles. The van der Waals surface area contributed by atoms with Gasteiger partial charge >= 0.3 is 0 Å². The highest BCUT2D eigenvalue weighted by atomic mass is 79.9. The van der Waals surface area contributed by atoms with Crippen LogP contribution in [0.3, 0.4) is 0 Å². The van der Waals surface area contributed by atoms with Gasteiger partial charge in [0.05, 0.1) is 21.5 Å². The third-order valence-electron chi connectivity index (χ3n) is 4.83. The van der Waals surface area contributed by atoms with E-state index in [1.807, 2.05) is 54.9 Å². The summed E-state index contributed by atoms with van der Waals surface area (Å²) < 4.78 is 15.3. The first-order valence-electron chi connectivity index (χ1n) is 8.77. The number of anilines is 1. The Morgan fingerprint density at radius 3 is 2.67 bits per heavy atom. The second-order valence-electron chi connectivity index (χ2n) is 6.96. The van der Waals surface area contributed by atoms with Gasteiger partial charge in [-0.3, -0.25) is 0 Å². The summed E-state index contributed by atoms with van der Waals surface area (Å²) in [6.45, 7) is 5.97. The number of allylic oxidation sites excluding steroid dienone is 1. The highest BCUT2D eigenvalue weighted by molar-refractivity contribution is 9.10. The van der Waals surface area contributed by atoms with Gasteiger partial charge in [0.2, 0.25) is 11.6 Å². The van der Waals surface area contributed by atoms with E-state index in [1.165, 1.54) is 0 Å². The molecule has 0 fully saturated rings. The van der Waals surface area contributed by atoms with Gasteiger partial charge < -0.3 is 14.8 Å². The van der Waals surface area contributed by atoms with E-state index in [9.17, 15) is 0 Å². The fourth-order valence-corrected chi connectivity index (χ4v) is 4.46. The highest BCUT2D eigenvalue weighted by Crippen LogP contribution is 2.52. The molecule has 0 aliphatic carbocycles. The Hall–Kier alpha value is -2.73. The lowest BCUT2D eigenvalue weighted by Crippen LogP contribution is -2.38. The number of fused-ring (bicyclic) bond motifs is 3. The fourth-order valence-electron chi connectivity index (χ4n) is 3.80. The van der Waals surface area contributed by atoms with Crippen molar-refractivity contribution in [3.8, 4) is 17.3 Å². The third kappa shape index (κ3) is 2.40. The largest absolute Gasteiger partial charge is 0.456 e. The molecule has 0 amide bonds. The molecule has 0 bridgehead atoms. The van der Waals surface area contributed by atoms with Crippen LogP contribution in [0.4, 0.5) is 5.69 Å². The maximum Gasteiger partial charge on any atom is 0.237 e. The Morgan fingerprint density at radius 1 is 1.11 bits per heavy atom.